The van der Waals surface area contributed by atoms with Crippen LogP contribution in [0.3, 0.4) is 0 Å². The number of aromatic nitrogens is 2. The van der Waals surface area contributed by atoms with Gasteiger partial charge in [-0.25, -0.2) is 9.59 Å². The van der Waals surface area contributed by atoms with Crippen molar-refractivity contribution in [3.05, 3.63) is 79.5 Å². The molecule has 0 amide bonds. The lowest BCUT2D eigenvalue weighted by Gasteiger charge is -2.11. The molecular weight excluding hydrogens is 332 g/mol. The Morgan fingerprint density at radius 2 is 1.79 bits per heavy atom. The standard InChI is InChI=1S/C17H13ClN2O4/c1-19-14-7-4-11(16(22)23)8-13(14)15(21)20(17(19)24)9-10-2-5-12(18)6-3-10/h2-8H,9H2,1H3,(H,22,23). The number of halogens is 1. The molecule has 7 heteroatoms. The summed E-state index contributed by atoms with van der Waals surface area (Å²) in [6, 6.07) is 10.9. The van der Waals surface area contributed by atoms with Crippen LogP contribution in [0.1, 0.15) is 15.9 Å². The molecule has 1 N–H and O–H groups in total. The Kier molecular flexibility index (Phi) is 3.99. The number of hydrogen-bond donors (Lipinski definition) is 1. The Balaban J connectivity index is 2.24. The molecule has 0 aliphatic rings. The largest absolute Gasteiger partial charge is 0.478 e. The average molecular weight is 345 g/mol. The van der Waals surface area contributed by atoms with Crippen LogP contribution in [-0.4, -0.2) is 20.2 Å². The second-order valence-corrected chi connectivity index (χ2v) is 5.83. The molecule has 1 aromatic heterocycles. The molecule has 3 aromatic rings. The summed E-state index contributed by atoms with van der Waals surface area (Å²) in [6.07, 6.45) is 0. The molecule has 0 saturated carbocycles. The van der Waals surface area contributed by atoms with Gasteiger partial charge < -0.3 is 5.11 Å². The lowest BCUT2D eigenvalue weighted by Crippen LogP contribution is -2.39. The van der Waals surface area contributed by atoms with Gasteiger partial charge in [-0.15, -0.1) is 0 Å². The number of benzene rings is 2. The zero-order chi connectivity index (χ0) is 17.4. The fourth-order valence-electron chi connectivity index (χ4n) is 2.56. The third-order valence-corrected chi connectivity index (χ3v) is 4.10. The van der Waals surface area contributed by atoms with Crippen molar-refractivity contribution in [3.8, 4) is 0 Å². The van der Waals surface area contributed by atoms with Crippen LogP contribution in [0.5, 0.6) is 0 Å². The van der Waals surface area contributed by atoms with Crippen LogP contribution < -0.4 is 11.2 Å². The molecule has 0 radical (unpaired) electrons. The van der Waals surface area contributed by atoms with Gasteiger partial charge in [0.1, 0.15) is 0 Å². The van der Waals surface area contributed by atoms with Crippen molar-refractivity contribution < 1.29 is 9.90 Å². The Bertz CT molecular complexity index is 1060. The molecule has 0 saturated heterocycles. The van der Waals surface area contributed by atoms with E-state index in [9.17, 15) is 14.4 Å². The van der Waals surface area contributed by atoms with Crippen LogP contribution >= 0.6 is 11.6 Å². The topological polar surface area (TPSA) is 81.3 Å². The van der Waals surface area contributed by atoms with Gasteiger partial charge in [0.05, 0.1) is 23.0 Å². The summed E-state index contributed by atoms with van der Waals surface area (Å²) in [6.45, 7) is 0.0793. The second kappa shape index (κ2) is 5.98. The highest BCUT2D eigenvalue weighted by atomic mass is 35.5. The Morgan fingerprint density at radius 1 is 1.12 bits per heavy atom. The number of carbonyl (C=O) groups is 1. The Morgan fingerprint density at radius 3 is 2.42 bits per heavy atom. The van der Waals surface area contributed by atoms with E-state index in [0.29, 0.717) is 10.5 Å². The highest BCUT2D eigenvalue weighted by molar-refractivity contribution is 6.30. The highest BCUT2D eigenvalue weighted by Crippen LogP contribution is 2.12. The van der Waals surface area contributed by atoms with E-state index >= 15 is 0 Å². The minimum atomic E-state index is -1.13. The molecule has 6 nitrogen and oxygen atoms in total. The van der Waals surface area contributed by atoms with Crippen molar-refractivity contribution in [2.45, 2.75) is 6.54 Å². The second-order valence-electron chi connectivity index (χ2n) is 5.40. The number of aromatic carboxylic acids is 1. The predicted molar refractivity (Wildman–Crippen MR) is 91.0 cm³/mol. The smallest absolute Gasteiger partial charge is 0.335 e. The van der Waals surface area contributed by atoms with Crippen molar-refractivity contribution in [2.75, 3.05) is 0 Å². The van der Waals surface area contributed by atoms with Gasteiger partial charge in [-0.2, -0.15) is 0 Å². The molecule has 1 heterocycles. The lowest BCUT2D eigenvalue weighted by atomic mass is 10.1. The van der Waals surface area contributed by atoms with E-state index < -0.39 is 17.2 Å². The minimum Gasteiger partial charge on any atom is -0.478 e. The minimum absolute atomic E-state index is 0.00343. The number of rotatable bonds is 3. The molecule has 0 spiro atoms. The molecule has 0 aliphatic heterocycles. The summed E-state index contributed by atoms with van der Waals surface area (Å²) in [4.78, 5) is 36.3. The van der Waals surface area contributed by atoms with Crippen LogP contribution in [0.15, 0.2) is 52.1 Å². The first-order valence-corrected chi connectivity index (χ1v) is 7.47. The van der Waals surface area contributed by atoms with E-state index in [2.05, 4.69) is 0 Å². The summed E-state index contributed by atoms with van der Waals surface area (Å²) in [5.74, 6) is -1.13. The summed E-state index contributed by atoms with van der Waals surface area (Å²) >= 11 is 5.84. The highest BCUT2D eigenvalue weighted by Gasteiger charge is 2.13. The molecule has 2 aromatic carbocycles. The molecule has 0 fully saturated rings. The third-order valence-electron chi connectivity index (χ3n) is 3.85. The van der Waals surface area contributed by atoms with Crippen molar-refractivity contribution in [1.29, 1.82) is 0 Å². The summed E-state index contributed by atoms with van der Waals surface area (Å²) in [7, 11) is 1.54. The van der Waals surface area contributed by atoms with Crippen LogP contribution in [0, 0.1) is 0 Å². The number of aryl methyl sites for hydroxylation is 1. The van der Waals surface area contributed by atoms with Crippen LogP contribution in [0.2, 0.25) is 5.02 Å². The van der Waals surface area contributed by atoms with Gasteiger partial charge in [-0.05, 0) is 35.9 Å². The Labute approximate surface area is 141 Å². The normalized spacial score (nSPS) is 10.9. The quantitative estimate of drug-likeness (QED) is 0.789. The maximum atomic E-state index is 12.7. The van der Waals surface area contributed by atoms with Crippen LogP contribution in [-0.2, 0) is 13.6 Å². The fraction of sp³-hybridized carbons (Fsp3) is 0.118. The number of nitrogens with zero attached hydrogens (tertiary/aromatic N) is 2. The number of carboxylic acids is 1. The summed E-state index contributed by atoms with van der Waals surface area (Å²) in [5, 5.41) is 9.84. The first-order valence-electron chi connectivity index (χ1n) is 7.10. The van der Waals surface area contributed by atoms with Crippen molar-refractivity contribution in [2.24, 2.45) is 7.05 Å². The van der Waals surface area contributed by atoms with E-state index in [1.165, 1.54) is 22.8 Å². The van der Waals surface area contributed by atoms with Crippen LogP contribution in [0.4, 0.5) is 0 Å². The molecule has 0 bridgehead atoms. The molecule has 24 heavy (non-hydrogen) atoms. The summed E-state index contributed by atoms with van der Waals surface area (Å²) in [5.41, 5.74) is 0.141. The molecule has 0 unspecified atom stereocenters. The van der Waals surface area contributed by atoms with Gasteiger partial charge in [0.15, 0.2) is 0 Å². The zero-order valence-electron chi connectivity index (χ0n) is 12.7. The molecule has 0 aliphatic carbocycles. The first kappa shape index (κ1) is 16.0. The van der Waals surface area contributed by atoms with E-state index in [-0.39, 0.29) is 17.5 Å². The maximum Gasteiger partial charge on any atom is 0.335 e. The van der Waals surface area contributed by atoms with Gasteiger partial charge in [0.25, 0.3) is 5.56 Å². The predicted octanol–water partition coefficient (Wildman–Crippen LogP) is 2.10. The summed E-state index contributed by atoms with van der Waals surface area (Å²) < 4.78 is 2.41. The lowest BCUT2D eigenvalue weighted by molar-refractivity contribution is 0.0697. The van der Waals surface area contributed by atoms with E-state index in [0.717, 1.165) is 10.1 Å². The van der Waals surface area contributed by atoms with E-state index in [4.69, 9.17) is 16.7 Å². The Hall–Kier alpha value is -2.86. The van der Waals surface area contributed by atoms with Gasteiger partial charge in [-0.1, -0.05) is 23.7 Å². The molecule has 3 rings (SSSR count). The van der Waals surface area contributed by atoms with E-state index in [1.54, 1.807) is 31.3 Å². The molecule has 0 atom stereocenters. The van der Waals surface area contributed by atoms with Gasteiger partial charge in [-0.3, -0.25) is 13.9 Å². The van der Waals surface area contributed by atoms with E-state index in [1.807, 2.05) is 0 Å². The number of hydrogen-bond acceptors (Lipinski definition) is 3. The van der Waals surface area contributed by atoms with Crippen molar-refractivity contribution in [1.82, 2.24) is 9.13 Å². The first-order chi connectivity index (χ1) is 11.4. The zero-order valence-corrected chi connectivity index (χ0v) is 13.4. The van der Waals surface area contributed by atoms with Crippen LogP contribution in [0.25, 0.3) is 10.9 Å². The number of fused-ring (bicyclic) bond motifs is 1. The van der Waals surface area contributed by atoms with Gasteiger partial charge in [0, 0.05) is 12.1 Å². The average Bonchev–Trinajstić information content (AvgIpc) is 2.58. The molecule has 122 valence electrons. The van der Waals surface area contributed by atoms with Gasteiger partial charge in [0.2, 0.25) is 0 Å². The third kappa shape index (κ3) is 2.72. The van der Waals surface area contributed by atoms with Crippen molar-refractivity contribution in [3.63, 3.8) is 0 Å². The van der Waals surface area contributed by atoms with Gasteiger partial charge >= 0.3 is 11.7 Å². The maximum absolute atomic E-state index is 12.7. The fourth-order valence-corrected chi connectivity index (χ4v) is 2.69. The SMILES string of the molecule is Cn1c(=O)n(Cc2ccc(Cl)cc2)c(=O)c2cc(C(=O)O)ccc21. The monoisotopic (exact) mass is 344 g/mol. The van der Waals surface area contributed by atoms with Crippen molar-refractivity contribution >= 4 is 28.5 Å². The molecular formula is C17H13ClN2O4. The number of carboxylic acid groups (broad SMARTS) is 1.